The van der Waals surface area contributed by atoms with Crippen molar-refractivity contribution in [3.8, 4) is 0 Å². The van der Waals surface area contributed by atoms with Crippen LogP contribution in [0.5, 0.6) is 0 Å². The quantitative estimate of drug-likeness (QED) is 0.517. The number of hydrogen-bond donors (Lipinski definition) is 2. The van der Waals surface area contributed by atoms with Gasteiger partial charge in [0, 0.05) is 5.92 Å². The third-order valence-corrected chi connectivity index (χ3v) is 9.39. The van der Waals surface area contributed by atoms with Crippen molar-refractivity contribution in [3.63, 3.8) is 0 Å². The Labute approximate surface area is 183 Å². The number of carbonyl (C=O) groups excluding carboxylic acids is 2. The van der Waals surface area contributed by atoms with E-state index in [2.05, 4.69) is 13.2 Å². The molecule has 4 saturated carbocycles. The second kappa shape index (κ2) is 5.77. The maximum Gasteiger partial charge on any atom is 0.211 e. The number of rotatable bonds is 2. The van der Waals surface area contributed by atoms with Crippen molar-refractivity contribution in [2.45, 2.75) is 71.6 Å². The molecule has 2 aliphatic heterocycles. The van der Waals surface area contributed by atoms with Gasteiger partial charge in [0.15, 0.2) is 17.4 Å². The van der Waals surface area contributed by atoms with Crippen molar-refractivity contribution >= 4 is 11.6 Å². The molecule has 31 heavy (non-hydrogen) atoms. The van der Waals surface area contributed by atoms with E-state index in [1.165, 1.54) is 13.8 Å². The van der Waals surface area contributed by atoms with Gasteiger partial charge in [0.25, 0.3) is 0 Å². The molecule has 2 N–H and O–H groups in total. The molecule has 0 aromatic rings. The zero-order valence-electron chi connectivity index (χ0n) is 19.2. The largest absolute Gasteiger partial charge is 0.387 e. The topological polar surface area (TPSA) is 93.1 Å². The summed E-state index contributed by atoms with van der Waals surface area (Å²) >= 11 is 0. The Balaban J connectivity index is 1.86. The first-order valence-electron chi connectivity index (χ1n) is 11.4. The predicted octanol–water partition coefficient (Wildman–Crippen LogP) is 2.78. The molecule has 4 bridgehead atoms. The first kappa shape index (κ1) is 21.5. The fourth-order valence-corrected chi connectivity index (χ4v) is 8.80. The van der Waals surface area contributed by atoms with E-state index in [-0.39, 0.29) is 35.9 Å². The Morgan fingerprint density at radius 1 is 1.16 bits per heavy atom. The second-order valence-electron chi connectivity index (χ2n) is 11.8. The van der Waals surface area contributed by atoms with Gasteiger partial charge in [0.2, 0.25) is 5.79 Å². The van der Waals surface area contributed by atoms with E-state index < -0.39 is 39.8 Å². The van der Waals surface area contributed by atoms with Gasteiger partial charge in [0.05, 0.1) is 17.4 Å². The van der Waals surface area contributed by atoms with Gasteiger partial charge >= 0.3 is 0 Å². The molecule has 6 rings (SSSR count). The SMILES string of the molecule is C=C1CC(C)(C)[C@H]2[C@H](O)[C@@]3(OC(C)(C)O)OC[C@]2(C1=O)[C@@H]1CC[C@H]2C(=C)C(=O)[C@]13[C@@H]2C. The van der Waals surface area contributed by atoms with Crippen LogP contribution in [-0.4, -0.2) is 46.1 Å². The van der Waals surface area contributed by atoms with E-state index in [4.69, 9.17) is 9.47 Å². The number of Topliss-reactive ketones (excluding diaryl/α,β-unsaturated/α-hetero) is 2. The highest BCUT2D eigenvalue weighted by Gasteiger charge is 2.87. The Morgan fingerprint density at radius 2 is 1.81 bits per heavy atom. The Kier molecular flexibility index (Phi) is 4.00. The van der Waals surface area contributed by atoms with Crippen molar-refractivity contribution in [3.05, 3.63) is 24.3 Å². The van der Waals surface area contributed by atoms with E-state index in [1.54, 1.807) is 0 Å². The van der Waals surface area contributed by atoms with Crippen LogP contribution in [0.3, 0.4) is 0 Å². The van der Waals surface area contributed by atoms with Crippen LogP contribution >= 0.6 is 0 Å². The third kappa shape index (κ3) is 2.09. The Bertz CT molecular complexity index is 927. The summed E-state index contributed by atoms with van der Waals surface area (Å²) in [4.78, 5) is 27.9. The van der Waals surface area contributed by atoms with Crippen LogP contribution in [0.4, 0.5) is 0 Å². The number of ketones is 2. The number of fused-ring (bicyclic) bond motifs is 2. The van der Waals surface area contributed by atoms with Gasteiger partial charge in [-0.15, -0.1) is 0 Å². The van der Waals surface area contributed by atoms with Crippen molar-refractivity contribution in [1.29, 1.82) is 0 Å². The van der Waals surface area contributed by atoms with E-state index in [9.17, 15) is 19.8 Å². The molecular formula is C25H34O6. The number of aliphatic hydroxyl groups excluding tert-OH is 1. The molecule has 0 aromatic heterocycles. The smallest absolute Gasteiger partial charge is 0.211 e. The van der Waals surface area contributed by atoms with Crippen molar-refractivity contribution < 1.29 is 29.3 Å². The number of carbonyl (C=O) groups is 2. The highest BCUT2D eigenvalue weighted by Crippen LogP contribution is 2.78. The van der Waals surface area contributed by atoms with Crippen LogP contribution in [0.15, 0.2) is 24.3 Å². The number of allylic oxidation sites excluding steroid dienone is 2. The lowest BCUT2D eigenvalue weighted by atomic mass is 9.34. The van der Waals surface area contributed by atoms with Gasteiger partial charge in [-0.05, 0) is 67.4 Å². The zero-order valence-corrected chi connectivity index (χ0v) is 19.2. The Morgan fingerprint density at radius 3 is 2.42 bits per heavy atom. The number of aliphatic hydroxyl groups is 2. The van der Waals surface area contributed by atoms with Crippen LogP contribution in [-0.2, 0) is 19.1 Å². The van der Waals surface area contributed by atoms with Crippen LogP contribution < -0.4 is 0 Å². The van der Waals surface area contributed by atoms with Gasteiger partial charge in [-0.1, -0.05) is 33.9 Å². The average Bonchev–Trinajstić information content (AvgIpc) is 2.74. The molecule has 4 aliphatic carbocycles. The fourth-order valence-electron chi connectivity index (χ4n) is 8.80. The first-order chi connectivity index (χ1) is 14.2. The lowest BCUT2D eigenvalue weighted by molar-refractivity contribution is -0.476. The molecule has 0 radical (unpaired) electrons. The summed E-state index contributed by atoms with van der Waals surface area (Å²) in [6.07, 6.45) is 0.624. The normalized spacial score (nSPS) is 50.5. The lowest BCUT2D eigenvalue weighted by Gasteiger charge is -2.74. The maximum absolute atomic E-state index is 14.0. The zero-order chi connectivity index (χ0) is 22.9. The molecule has 6 fully saturated rings. The molecule has 0 amide bonds. The minimum Gasteiger partial charge on any atom is -0.387 e. The van der Waals surface area contributed by atoms with E-state index >= 15 is 0 Å². The summed E-state index contributed by atoms with van der Waals surface area (Å²) < 4.78 is 12.6. The Hall–Kier alpha value is -1.34. The van der Waals surface area contributed by atoms with Crippen molar-refractivity contribution in [2.24, 2.45) is 39.9 Å². The highest BCUT2D eigenvalue weighted by molar-refractivity contribution is 6.07. The fraction of sp³-hybridized carbons (Fsp3) is 0.760. The predicted molar refractivity (Wildman–Crippen MR) is 112 cm³/mol. The van der Waals surface area contributed by atoms with Crippen LogP contribution in [0, 0.1) is 39.9 Å². The van der Waals surface area contributed by atoms with E-state index in [1.807, 2.05) is 20.8 Å². The summed E-state index contributed by atoms with van der Waals surface area (Å²) in [5.74, 6) is -4.79. The van der Waals surface area contributed by atoms with Crippen molar-refractivity contribution in [2.75, 3.05) is 6.61 Å². The summed E-state index contributed by atoms with van der Waals surface area (Å²) in [7, 11) is 0. The summed E-state index contributed by atoms with van der Waals surface area (Å²) in [6.45, 7) is 17.3. The summed E-state index contributed by atoms with van der Waals surface area (Å²) in [5, 5.41) is 22.7. The maximum atomic E-state index is 14.0. The molecule has 6 nitrogen and oxygen atoms in total. The van der Waals surface area contributed by atoms with Gasteiger partial charge in [0.1, 0.15) is 6.10 Å². The molecule has 2 spiro atoms. The third-order valence-electron chi connectivity index (χ3n) is 9.39. The molecule has 2 heterocycles. The molecule has 0 unspecified atom stereocenters. The summed E-state index contributed by atoms with van der Waals surface area (Å²) in [6, 6.07) is 0. The van der Waals surface area contributed by atoms with E-state index in [0.717, 1.165) is 6.42 Å². The lowest BCUT2D eigenvalue weighted by Crippen LogP contribution is -2.85. The molecule has 6 heteroatoms. The number of hydrogen-bond acceptors (Lipinski definition) is 6. The van der Waals surface area contributed by atoms with Crippen LogP contribution in [0.2, 0.25) is 0 Å². The average molecular weight is 431 g/mol. The molecule has 170 valence electrons. The minimum atomic E-state index is -1.74. The van der Waals surface area contributed by atoms with Crippen molar-refractivity contribution in [1.82, 2.24) is 0 Å². The minimum absolute atomic E-state index is 0.0501. The first-order valence-corrected chi connectivity index (χ1v) is 11.4. The number of ether oxygens (including phenoxy) is 2. The van der Waals surface area contributed by atoms with Gasteiger partial charge in [-0.2, -0.15) is 0 Å². The molecule has 0 aromatic carbocycles. The molecule has 2 saturated heterocycles. The van der Waals surface area contributed by atoms with Gasteiger partial charge in [-0.25, -0.2) is 0 Å². The second-order valence-corrected chi connectivity index (χ2v) is 11.8. The van der Waals surface area contributed by atoms with Crippen LogP contribution in [0.1, 0.15) is 53.9 Å². The summed E-state index contributed by atoms with van der Waals surface area (Å²) in [5.41, 5.74) is -1.72. The molecular weight excluding hydrogens is 396 g/mol. The monoisotopic (exact) mass is 430 g/mol. The molecule has 6 aliphatic rings. The molecule has 8 atom stereocenters. The van der Waals surface area contributed by atoms with E-state index in [0.29, 0.717) is 24.0 Å². The van der Waals surface area contributed by atoms with Gasteiger partial charge < -0.3 is 19.7 Å². The highest BCUT2D eigenvalue weighted by atomic mass is 16.8. The standard InChI is InChI=1S/C25H34O6/c1-12-10-21(4,5)17-20(28)25(31-22(6,7)29)24-14(3)15(13(2)19(24)27)8-9-16(24)23(17,11-30-25)18(12)26/h14-17,20,28-29H,1-2,8-11H2,3-7H3/t14-,15+,16+,17-,20+,23+,24+,25+/m1/s1. The van der Waals surface area contributed by atoms with Gasteiger partial charge in [-0.3, -0.25) is 9.59 Å². The van der Waals surface area contributed by atoms with Crippen LogP contribution in [0.25, 0.3) is 0 Å².